The van der Waals surface area contributed by atoms with Crippen LogP contribution in [0.3, 0.4) is 0 Å². The first-order valence-corrected chi connectivity index (χ1v) is 9.04. The first-order valence-electron chi connectivity index (χ1n) is 8.25. The van der Waals surface area contributed by atoms with Gasteiger partial charge in [0.15, 0.2) is 5.65 Å². The van der Waals surface area contributed by atoms with Crippen LogP contribution in [0.4, 0.5) is 0 Å². The second-order valence-electron chi connectivity index (χ2n) is 6.01. The second-order valence-corrected chi connectivity index (χ2v) is 6.80. The van der Waals surface area contributed by atoms with Crippen LogP contribution in [-0.4, -0.2) is 19.6 Å². The molecule has 124 valence electrons. The molecular weight excluding hydrogens is 388 g/mol. The fraction of sp³-hybridized carbons (Fsp3) is 0. The number of pyridine rings is 1. The third kappa shape index (κ3) is 2.40. The summed E-state index contributed by atoms with van der Waals surface area (Å²) in [5.74, 6) is 0. The van der Waals surface area contributed by atoms with E-state index in [2.05, 4.69) is 38.0 Å². The number of benzene rings is 2. The van der Waals surface area contributed by atoms with Gasteiger partial charge in [0.2, 0.25) is 0 Å². The van der Waals surface area contributed by atoms with Crippen LogP contribution in [0.25, 0.3) is 39.1 Å². The number of nitrogens with zero attached hydrogens (tertiary/aromatic N) is 4. The van der Waals surface area contributed by atoms with E-state index in [1.807, 2.05) is 65.3 Å². The Morgan fingerprint density at radius 2 is 1.62 bits per heavy atom. The van der Waals surface area contributed by atoms with Gasteiger partial charge in [0, 0.05) is 28.9 Å². The average Bonchev–Trinajstić information content (AvgIpc) is 3.05. The highest BCUT2D eigenvalue weighted by atomic mass is 79.9. The Morgan fingerprint density at radius 1 is 0.808 bits per heavy atom. The number of para-hydroxylation sites is 1. The van der Waals surface area contributed by atoms with Gasteiger partial charge in [-0.2, -0.15) is 5.10 Å². The van der Waals surface area contributed by atoms with Crippen LogP contribution < -0.4 is 0 Å². The van der Waals surface area contributed by atoms with Crippen LogP contribution in [0.5, 0.6) is 0 Å². The van der Waals surface area contributed by atoms with Crippen LogP contribution in [0.2, 0.25) is 0 Å². The fourth-order valence-corrected chi connectivity index (χ4v) is 3.71. The molecule has 3 aromatic heterocycles. The highest BCUT2D eigenvalue weighted by Crippen LogP contribution is 2.32. The molecule has 5 aromatic rings. The molecule has 26 heavy (non-hydrogen) atoms. The van der Waals surface area contributed by atoms with Gasteiger partial charge in [0.25, 0.3) is 0 Å². The maximum absolute atomic E-state index is 4.82. The summed E-state index contributed by atoms with van der Waals surface area (Å²) in [6.07, 6.45) is 3.69. The maximum Gasteiger partial charge on any atom is 0.170 e. The molecule has 0 N–H and O–H groups in total. The van der Waals surface area contributed by atoms with Gasteiger partial charge in [0.05, 0.1) is 15.7 Å². The van der Waals surface area contributed by atoms with E-state index >= 15 is 0 Å². The molecule has 0 bridgehead atoms. The van der Waals surface area contributed by atoms with E-state index in [1.54, 1.807) is 6.20 Å². The summed E-state index contributed by atoms with van der Waals surface area (Å²) in [6.45, 7) is 0. The van der Waals surface area contributed by atoms with Gasteiger partial charge >= 0.3 is 0 Å². The Morgan fingerprint density at radius 3 is 2.50 bits per heavy atom. The van der Waals surface area contributed by atoms with Crippen molar-refractivity contribution >= 4 is 32.5 Å². The molecule has 4 nitrogen and oxygen atoms in total. The van der Waals surface area contributed by atoms with E-state index in [4.69, 9.17) is 5.10 Å². The van der Waals surface area contributed by atoms with Crippen molar-refractivity contribution < 1.29 is 0 Å². The van der Waals surface area contributed by atoms with Crippen LogP contribution in [0.1, 0.15) is 0 Å². The summed E-state index contributed by atoms with van der Waals surface area (Å²) < 4.78 is 2.76. The molecule has 0 amide bonds. The van der Waals surface area contributed by atoms with Gasteiger partial charge in [-0.3, -0.25) is 4.98 Å². The Labute approximate surface area is 158 Å². The van der Waals surface area contributed by atoms with Crippen molar-refractivity contribution in [1.29, 1.82) is 0 Å². The van der Waals surface area contributed by atoms with Crippen LogP contribution in [0, 0.1) is 0 Å². The minimum atomic E-state index is 0.787. The molecule has 2 aromatic carbocycles. The van der Waals surface area contributed by atoms with E-state index in [0.717, 1.165) is 43.5 Å². The lowest BCUT2D eigenvalue weighted by Gasteiger charge is -2.05. The minimum Gasteiger partial charge on any atom is -0.256 e. The third-order valence-corrected chi connectivity index (χ3v) is 5.13. The second kappa shape index (κ2) is 6.04. The van der Waals surface area contributed by atoms with Crippen molar-refractivity contribution in [3.63, 3.8) is 0 Å². The molecule has 5 rings (SSSR count). The molecule has 3 heterocycles. The fourth-order valence-electron chi connectivity index (χ4n) is 3.13. The quantitative estimate of drug-likeness (QED) is 0.399. The largest absolute Gasteiger partial charge is 0.256 e. The SMILES string of the molecule is Brc1c(-c2ccccc2)nn2c(-c3cnc4ccccc4c3)ccnc12. The number of rotatable bonds is 2. The van der Waals surface area contributed by atoms with Gasteiger partial charge in [-0.1, -0.05) is 48.5 Å². The zero-order chi connectivity index (χ0) is 17.5. The molecule has 0 aliphatic heterocycles. The zero-order valence-electron chi connectivity index (χ0n) is 13.7. The summed E-state index contributed by atoms with van der Waals surface area (Å²) in [7, 11) is 0. The van der Waals surface area contributed by atoms with Crippen molar-refractivity contribution in [2.24, 2.45) is 0 Å². The summed E-state index contributed by atoms with van der Waals surface area (Å²) in [5, 5.41) is 5.92. The molecule has 0 saturated carbocycles. The van der Waals surface area contributed by atoms with E-state index < -0.39 is 0 Å². The molecule has 0 fully saturated rings. The smallest absolute Gasteiger partial charge is 0.170 e. The highest BCUT2D eigenvalue weighted by Gasteiger charge is 2.16. The molecule has 0 unspecified atom stereocenters. The molecule has 0 aliphatic carbocycles. The summed E-state index contributed by atoms with van der Waals surface area (Å²) >= 11 is 3.67. The molecule has 0 saturated heterocycles. The summed E-state index contributed by atoms with van der Waals surface area (Å²) in [5.41, 5.74) is 5.65. The third-order valence-electron chi connectivity index (χ3n) is 4.40. The van der Waals surface area contributed by atoms with E-state index in [-0.39, 0.29) is 0 Å². The van der Waals surface area contributed by atoms with Crippen molar-refractivity contribution in [1.82, 2.24) is 19.6 Å². The lowest BCUT2D eigenvalue weighted by atomic mass is 10.1. The Bertz CT molecular complexity index is 1250. The van der Waals surface area contributed by atoms with Crippen molar-refractivity contribution in [2.75, 3.05) is 0 Å². The molecule has 0 spiro atoms. The molecule has 0 atom stereocenters. The first-order chi connectivity index (χ1) is 12.8. The van der Waals surface area contributed by atoms with Crippen molar-refractivity contribution in [3.05, 3.63) is 83.6 Å². The minimum absolute atomic E-state index is 0.787. The number of hydrogen-bond acceptors (Lipinski definition) is 3. The predicted molar refractivity (Wildman–Crippen MR) is 107 cm³/mol. The Balaban J connectivity index is 1.75. The van der Waals surface area contributed by atoms with E-state index in [0.29, 0.717) is 0 Å². The number of aromatic nitrogens is 4. The van der Waals surface area contributed by atoms with Gasteiger partial charge in [-0.05, 0) is 34.1 Å². The normalized spacial score (nSPS) is 11.3. The number of hydrogen-bond donors (Lipinski definition) is 0. The predicted octanol–water partition coefficient (Wildman–Crippen LogP) is 5.37. The molecule has 0 aliphatic rings. The monoisotopic (exact) mass is 400 g/mol. The van der Waals surface area contributed by atoms with Crippen LogP contribution in [-0.2, 0) is 0 Å². The van der Waals surface area contributed by atoms with Crippen LogP contribution >= 0.6 is 15.9 Å². The molecular formula is C21H13BrN4. The lowest BCUT2D eigenvalue weighted by molar-refractivity contribution is 0.951. The van der Waals surface area contributed by atoms with Crippen LogP contribution in [0.15, 0.2) is 83.6 Å². The lowest BCUT2D eigenvalue weighted by Crippen LogP contribution is -1.96. The Kier molecular flexibility index (Phi) is 3.53. The van der Waals surface area contributed by atoms with E-state index in [1.165, 1.54) is 0 Å². The van der Waals surface area contributed by atoms with Crippen molar-refractivity contribution in [2.45, 2.75) is 0 Å². The molecule has 0 radical (unpaired) electrons. The maximum atomic E-state index is 4.82. The van der Waals surface area contributed by atoms with Crippen molar-refractivity contribution in [3.8, 4) is 22.5 Å². The van der Waals surface area contributed by atoms with Gasteiger partial charge in [-0.25, -0.2) is 9.50 Å². The summed E-state index contributed by atoms with van der Waals surface area (Å²) in [4.78, 5) is 9.09. The number of fused-ring (bicyclic) bond motifs is 2. The number of halogens is 1. The van der Waals surface area contributed by atoms with Gasteiger partial charge < -0.3 is 0 Å². The first kappa shape index (κ1) is 15.2. The van der Waals surface area contributed by atoms with Gasteiger partial charge in [-0.15, -0.1) is 0 Å². The van der Waals surface area contributed by atoms with Gasteiger partial charge in [0.1, 0.15) is 5.69 Å². The highest BCUT2D eigenvalue weighted by molar-refractivity contribution is 9.10. The zero-order valence-corrected chi connectivity index (χ0v) is 15.3. The Hall–Kier alpha value is -3.05. The average molecular weight is 401 g/mol. The standard InChI is InChI=1S/C21H13BrN4/c22-19-20(14-6-2-1-3-7-14)25-26-18(10-11-23-21(19)26)16-12-15-8-4-5-9-17(15)24-13-16/h1-13H. The topological polar surface area (TPSA) is 43.1 Å². The molecule has 5 heteroatoms. The summed E-state index contributed by atoms with van der Waals surface area (Å²) in [6, 6.07) is 22.3. The van der Waals surface area contributed by atoms with E-state index in [9.17, 15) is 0 Å².